The molecule has 6 nitrogen and oxygen atoms in total. The fraction of sp³-hybridized carbons (Fsp3) is 0.818. The molecule has 0 spiro atoms. The number of rotatable bonds is 5. The van der Waals surface area contributed by atoms with Gasteiger partial charge in [-0.15, -0.1) is 0 Å². The Balaban J connectivity index is 2.66. The molecule has 2 atom stereocenters. The molecule has 2 amide bonds. The van der Waals surface area contributed by atoms with Crippen molar-refractivity contribution in [1.82, 2.24) is 10.2 Å². The number of piperazine rings is 1. The monoisotopic (exact) mass is 276 g/mol. The number of nitrogens with one attached hydrogen (secondary N) is 1. The first kappa shape index (κ1) is 14.9. The number of carbonyl (C=O) groups is 2. The fourth-order valence-electron chi connectivity index (χ4n) is 1.96. The van der Waals surface area contributed by atoms with Gasteiger partial charge in [0.1, 0.15) is 21.9 Å². The van der Waals surface area contributed by atoms with E-state index in [1.165, 1.54) is 4.90 Å². The second-order valence-electron chi connectivity index (χ2n) is 4.66. The molecule has 0 aliphatic carbocycles. The second kappa shape index (κ2) is 5.69. The second-order valence-corrected chi connectivity index (χ2v) is 6.92. The lowest BCUT2D eigenvalue weighted by Gasteiger charge is -2.37. The summed E-state index contributed by atoms with van der Waals surface area (Å²) in [6.45, 7) is 3.78. The summed E-state index contributed by atoms with van der Waals surface area (Å²) in [5, 5.41) is 2.65. The van der Waals surface area contributed by atoms with E-state index in [1.54, 1.807) is 6.92 Å². The first-order valence-corrected chi connectivity index (χ1v) is 8.11. The highest BCUT2D eigenvalue weighted by Crippen LogP contribution is 2.12. The Bertz CT molecular complexity index is 432. The number of amides is 2. The van der Waals surface area contributed by atoms with Gasteiger partial charge in [-0.1, -0.05) is 6.92 Å². The minimum absolute atomic E-state index is 0.0297. The normalized spacial score (nSPS) is 25.2. The molecule has 0 aromatic rings. The molecule has 2 unspecified atom stereocenters. The third kappa shape index (κ3) is 3.69. The van der Waals surface area contributed by atoms with Crippen LogP contribution in [-0.4, -0.2) is 55.8 Å². The van der Waals surface area contributed by atoms with Crippen LogP contribution in [0.3, 0.4) is 0 Å². The molecule has 0 radical (unpaired) electrons. The highest BCUT2D eigenvalue weighted by atomic mass is 32.2. The van der Waals surface area contributed by atoms with Crippen LogP contribution in [0, 0.1) is 0 Å². The Kier molecular flexibility index (Phi) is 4.72. The molecule has 1 fully saturated rings. The van der Waals surface area contributed by atoms with Crippen LogP contribution in [0.4, 0.5) is 0 Å². The maximum atomic E-state index is 12.0. The predicted octanol–water partition coefficient (Wildman–Crippen LogP) is -0.453. The number of nitrogens with zero attached hydrogens (tertiary/aromatic N) is 1. The summed E-state index contributed by atoms with van der Waals surface area (Å²) in [5.74, 6) is -0.277. The van der Waals surface area contributed by atoms with Crippen LogP contribution < -0.4 is 5.32 Å². The average Bonchev–Trinajstić information content (AvgIpc) is 2.26. The molecule has 104 valence electrons. The van der Waals surface area contributed by atoms with Crippen molar-refractivity contribution in [3.05, 3.63) is 0 Å². The fourth-order valence-corrected chi connectivity index (χ4v) is 2.62. The summed E-state index contributed by atoms with van der Waals surface area (Å²) in [6.07, 6.45) is 2.06. The standard InChI is InChI=1S/C11H20N2O4S/c1-4-9-11(15)13(8(2)10(14)12-9)6-5-7-18(3,16)17/h8-9H,4-7H2,1-3H3,(H,12,14). The van der Waals surface area contributed by atoms with Crippen molar-refractivity contribution in [3.63, 3.8) is 0 Å². The summed E-state index contributed by atoms with van der Waals surface area (Å²) >= 11 is 0. The Morgan fingerprint density at radius 2 is 1.94 bits per heavy atom. The van der Waals surface area contributed by atoms with Gasteiger partial charge in [0, 0.05) is 12.8 Å². The largest absolute Gasteiger partial charge is 0.343 e. The van der Waals surface area contributed by atoms with Gasteiger partial charge in [0.2, 0.25) is 11.8 Å². The van der Waals surface area contributed by atoms with E-state index in [4.69, 9.17) is 0 Å². The number of sulfone groups is 1. The molecule has 1 rings (SSSR count). The Morgan fingerprint density at radius 1 is 1.33 bits per heavy atom. The minimum Gasteiger partial charge on any atom is -0.343 e. The highest BCUT2D eigenvalue weighted by molar-refractivity contribution is 7.90. The van der Waals surface area contributed by atoms with Crippen molar-refractivity contribution in [1.29, 1.82) is 0 Å². The van der Waals surface area contributed by atoms with Crippen LogP contribution in [-0.2, 0) is 19.4 Å². The van der Waals surface area contributed by atoms with Gasteiger partial charge in [0.05, 0.1) is 5.75 Å². The summed E-state index contributed by atoms with van der Waals surface area (Å²) in [7, 11) is -3.03. The lowest BCUT2D eigenvalue weighted by molar-refractivity contribution is -0.148. The van der Waals surface area contributed by atoms with E-state index in [9.17, 15) is 18.0 Å². The maximum absolute atomic E-state index is 12.0. The molecule has 0 bridgehead atoms. The lowest BCUT2D eigenvalue weighted by atomic mass is 10.1. The van der Waals surface area contributed by atoms with Crippen LogP contribution >= 0.6 is 0 Å². The van der Waals surface area contributed by atoms with Crippen LogP contribution in [0.25, 0.3) is 0 Å². The molecule has 0 saturated carbocycles. The van der Waals surface area contributed by atoms with Gasteiger partial charge in [-0.3, -0.25) is 9.59 Å². The Morgan fingerprint density at radius 3 is 2.44 bits per heavy atom. The Hall–Kier alpha value is -1.11. The molecule has 1 saturated heterocycles. The third-order valence-corrected chi connectivity index (χ3v) is 4.10. The highest BCUT2D eigenvalue weighted by Gasteiger charge is 2.36. The van der Waals surface area contributed by atoms with Gasteiger partial charge in [0.15, 0.2) is 0 Å². The molecule has 1 aliphatic heterocycles. The van der Waals surface area contributed by atoms with Crippen molar-refractivity contribution < 1.29 is 18.0 Å². The van der Waals surface area contributed by atoms with E-state index < -0.39 is 21.9 Å². The van der Waals surface area contributed by atoms with E-state index in [-0.39, 0.29) is 17.6 Å². The minimum atomic E-state index is -3.03. The zero-order valence-electron chi connectivity index (χ0n) is 11.0. The first-order chi connectivity index (χ1) is 8.26. The van der Waals surface area contributed by atoms with Crippen LogP contribution in [0.15, 0.2) is 0 Å². The van der Waals surface area contributed by atoms with Crippen LogP contribution in [0.1, 0.15) is 26.7 Å². The number of hydrogen-bond donors (Lipinski definition) is 1. The van der Waals surface area contributed by atoms with Crippen LogP contribution in [0.2, 0.25) is 0 Å². The summed E-state index contributed by atoms with van der Waals surface area (Å²) < 4.78 is 22.1. The maximum Gasteiger partial charge on any atom is 0.245 e. The number of carbonyl (C=O) groups excluding carboxylic acids is 2. The molecular formula is C11H20N2O4S. The van der Waals surface area contributed by atoms with Gasteiger partial charge in [-0.2, -0.15) is 0 Å². The Labute approximate surface area is 108 Å². The topological polar surface area (TPSA) is 83.6 Å². The zero-order chi connectivity index (χ0) is 13.9. The smallest absolute Gasteiger partial charge is 0.245 e. The van der Waals surface area contributed by atoms with Gasteiger partial charge >= 0.3 is 0 Å². The van der Waals surface area contributed by atoms with E-state index in [1.807, 2.05) is 6.92 Å². The van der Waals surface area contributed by atoms with E-state index in [2.05, 4.69) is 5.32 Å². The SMILES string of the molecule is CCC1NC(=O)C(C)N(CCCS(C)(=O)=O)C1=O. The van der Waals surface area contributed by atoms with Gasteiger partial charge in [0.25, 0.3) is 0 Å². The molecule has 7 heteroatoms. The summed E-state index contributed by atoms with van der Waals surface area (Å²) in [6, 6.07) is -1.01. The van der Waals surface area contributed by atoms with Crippen molar-refractivity contribution in [2.24, 2.45) is 0 Å². The van der Waals surface area contributed by atoms with Gasteiger partial charge in [-0.25, -0.2) is 8.42 Å². The molecule has 1 N–H and O–H groups in total. The molecular weight excluding hydrogens is 256 g/mol. The summed E-state index contributed by atoms with van der Waals surface area (Å²) in [4.78, 5) is 25.2. The van der Waals surface area contributed by atoms with Crippen LogP contribution in [0.5, 0.6) is 0 Å². The molecule has 1 aliphatic rings. The van der Waals surface area contributed by atoms with Crippen molar-refractivity contribution in [2.75, 3.05) is 18.6 Å². The van der Waals surface area contributed by atoms with Crippen molar-refractivity contribution in [2.45, 2.75) is 38.8 Å². The van der Waals surface area contributed by atoms with E-state index >= 15 is 0 Å². The molecule has 0 aromatic carbocycles. The van der Waals surface area contributed by atoms with Gasteiger partial charge in [-0.05, 0) is 19.8 Å². The predicted molar refractivity (Wildman–Crippen MR) is 67.7 cm³/mol. The quantitative estimate of drug-likeness (QED) is 0.737. The zero-order valence-corrected chi connectivity index (χ0v) is 11.8. The molecule has 18 heavy (non-hydrogen) atoms. The third-order valence-electron chi connectivity index (χ3n) is 3.07. The van der Waals surface area contributed by atoms with E-state index in [0.717, 1.165) is 6.26 Å². The number of hydrogen-bond acceptors (Lipinski definition) is 4. The van der Waals surface area contributed by atoms with Crippen molar-refractivity contribution >= 4 is 21.7 Å². The summed E-state index contributed by atoms with van der Waals surface area (Å²) in [5.41, 5.74) is 0. The van der Waals surface area contributed by atoms with Crippen molar-refractivity contribution in [3.8, 4) is 0 Å². The molecule has 0 aromatic heterocycles. The molecule has 1 heterocycles. The average molecular weight is 276 g/mol. The van der Waals surface area contributed by atoms with Gasteiger partial charge < -0.3 is 10.2 Å². The first-order valence-electron chi connectivity index (χ1n) is 6.05. The van der Waals surface area contributed by atoms with E-state index in [0.29, 0.717) is 19.4 Å². The lowest BCUT2D eigenvalue weighted by Crippen LogP contribution is -2.62.